The van der Waals surface area contributed by atoms with E-state index in [2.05, 4.69) is 14.9 Å². The number of sulfonamides is 1. The van der Waals surface area contributed by atoms with Crippen LogP contribution in [0.1, 0.15) is 5.56 Å². The molecule has 0 radical (unpaired) electrons. The monoisotopic (exact) mass is 351 g/mol. The van der Waals surface area contributed by atoms with Crippen molar-refractivity contribution < 1.29 is 8.42 Å². The minimum atomic E-state index is -3.88. The van der Waals surface area contributed by atoms with Crippen molar-refractivity contribution in [1.29, 1.82) is 0 Å². The van der Waals surface area contributed by atoms with Crippen LogP contribution < -0.4 is 4.72 Å². The molecule has 2 aromatic rings. The third-order valence-electron chi connectivity index (χ3n) is 2.37. The van der Waals surface area contributed by atoms with Gasteiger partial charge in [-0.3, -0.25) is 4.72 Å². The van der Waals surface area contributed by atoms with Gasteiger partial charge in [-0.25, -0.2) is 8.42 Å². The van der Waals surface area contributed by atoms with Crippen LogP contribution in [0.5, 0.6) is 0 Å². The molecule has 0 aliphatic carbocycles. The van der Waals surface area contributed by atoms with Gasteiger partial charge in [-0.15, -0.1) is 10.2 Å². The van der Waals surface area contributed by atoms with E-state index in [-0.39, 0.29) is 20.9 Å². The third-order valence-corrected chi connectivity index (χ3v) is 4.80. The number of aryl methyl sites for hydroxylation is 1. The summed E-state index contributed by atoms with van der Waals surface area (Å²) in [6.07, 6.45) is 0. The number of aromatic nitrogens is 2. The maximum atomic E-state index is 12.2. The van der Waals surface area contributed by atoms with Gasteiger partial charge in [0, 0.05) is 5.02 Å². The Hall–Kier alpha value is -1.08. The topological polar surface area (TPSA) is 72.0 Å². The highest BCUT2D eigenvalue weighted by atomic mass is 35.5. The zero-order valence-corrected chi connectivity index (χ0v) is 13.1. The van der Waals surface area contributed by atoms with Gasteiger partial charge in [-0.2, -0.15) is 0 Å². The number of rotatable bonds is 3. The Kier molecular flexibility index (Phi) is 4.39. The van der Waals surface area contributed by atoms with E-state index in [1.54, 1.807) is 6.92 Å². The molecule has 0 amide bonds. The van der Waals surface area contributed by atoms with Crippen molar-refractivity contribution >= 4 is 50.6 Å². The van der Waals surface area contributed by atoms with E-state index >= 15 is 0 Å². The minimum absolute atomic E-state index is 0.0232. The summed E-state index contributed by atoms with van der Waals surface area (Å²) in [4.78, 5) is -0.0854. The molecular weight excluding hydrogens is 345 g/mol. The standard InChI is InChI=1S/C11H8Cl3N3O2S/c1-6-4-9(8(13)5-7(6)12)20(18,19)17-11-3-2-10(14)15-16-11/h2-5H,1H3,(H,16,17). The van der Waals surface area contributed by atoms with Crippen molar-refractivity contribution in [2.45, 2.75) is 11.8 Å². The van der Waals surface area contributed by atoms with Crippen molar-refractivity contribution in [3.05, 3.63) is 45.0 Å². The summed E-state index contributed by atoms with van der Waals surface area (Å²) >= 11 is 17.4. The maximum Gasteiger partial charge on any atom is 0.264 e. The second-order valence-electron chi connectivity index (χ2n) is 3.88. The van der Waals surface area contributed by atoms with E-state index in [0.717, 1.165) is 0 Å². The zero-order chi connectivity index (χ0) is 14.9. The molecule has 0 saturated heterocycles. The fourth-order valence-corrected chi connectivity index (χ4v) is 3.33. The molecule has 9 heteroatoms. The maximum absolute atomic E-state index is 12.2. The van der Waals surface area contributed by atoms with E-state index in [1.165, 1.54) is 24.3 Å². The second-order valence-corrected chi connectivity index (χ2v) is 6.73. The average molecular weight is 353 g/mol. The molecule has 2 rings (SSSR count). The van der Waals surface area contributed by atoms with Gasteiger partial charge in [0.2, 0.25) is 0 Å². The summed E-state index contributed by atoms with van der Waals surface area (Å²) in [5.74, 6) is 0.0399. The first-order valence-corrected chi connectivity index (χ1v) is 7.89. The van der Waals surface area contributed by atoms with Gasteiger partial charge in [0.05, 0.1) is 5.02 Å². The van der Waals surface area contributed by atoms with Gasteiger partial charge in [0.1, 0.15) is 4.90 Å². The number of hydrogen-bond acceptors (Lipinski definition) is 4. The first kappa shape index (κ1) is 15.3. The Bertz CT molecular complexity index is 748. The number of nitrogens with one attached hydrogen (secondary N) is 1. The predicted molar refractivity (Wildman–Crippen MR) is 79.0 cm³/mol. The molecule has 0 atom stereocenters. The summed E-state index contributed by atoms with van der Waals surface area (Å²) < 4.78 is 26.7. The Morgan fingerprint density at radius 2 is 1.75 bits per heavy atom. The number of hydrogen-bond donors (Lipinski definition) is 1. The van der Waals surface area contributed by atoms with Crippen LogP contribution in [0.2, 0.25) is 15.2 Å². The van der Waals surface area contributed by atoms with E-state index in [9.17, 15) is 8.42 Å². The number of anilines is 1. The normalized spacial score (nSPS) is 11.4. The van der Waals surface area contributed by atoms with Gasteiger partial charge in [-0.1, -0.05) is 34.8 Å². The molecular formula is C11H8Cl3N3O2S. The summed E-state index contributed by atoms with van der Waals surface area (Å²) in [6, 6.07) is 5.57. The number of nitrogens with zero attached hydrogens (tertiary/aromatic N) is 2. The van der Waals surface area contributed by atoms with Crippen LogP contribution in [-0.4, -0.2) is 18.6 Å². The summed E-state index contributed by atoms with van der Waals surface area (Å²) in [5.41, 5.74) is 0.596. The molecule has 5 nitrogen and oxygen atoms in total. The van der Waals surface area contributed by atoms with Crippen LogP contribution in [0.15, 0.2) is 29.2 Å². The van der Waals surface area contributed by atoms with Gasteiger partial charge in [0.25, 0.3) is 10.0 Å². The van der Waals surface area contributed by atoms with Crippen molar-refractivity contribution in [3.8, 4) is 0 Å². The molecule has 20 heavy (non-hydrogen) atoms. The number of benzene rings is 1. The largest absolute Gasteiger partial charge is 0.264 e. The Balaban J connectivity index is 2.40. The summed E-state index contributed by atoms with van der Waals surface area (Å²) in [7, 11) is -3.88. The van der Waals surface area contributed by atoms with Gasteiger partial charge < -0.3 is 0 Å². The van der Waals surface area contributed by atoms with Crippen molar-refractivity contribution in [3.63, 3.8) is 0 Å². The van der Waals surface area contributed by atoms with E-state index in [0.29, 0.717) is 10.6 Å². The van der Waals surface area contributed by atoms with E-state index in [4.69, 9.17) is 34.8 Å². The lowest BCUT2D eigenvalue weighted by atomic mass is 10.2. The second kappa shape index (κ2) is 5.73. The van der Waals surface area contributed by atoms with Gasteiger partial charge >= 0.3 is 0 Å². The third kappa shape index (κ3) is 3.32. The molecule has 1 aromatic heterocycles. The summed E-state index contributed by atoms with van der Waals surface area (Å²) in [5, 5.41) is 7.74. The minimum Gasteiger partial charge on any atom is -0.262 e. The lowest BCUT2D eigenvalue weighted by Crippen LogP contribution is -2.15. The molecule has 0 bridgehead atoms. The zero-order valence-electron chi connectivity index (χ0n) is 10.1. The molecule has 0 spiro atoms. The molecule has 0 unspecified atom stereocenters. The van der Waals surface area contributed by atoms with Crippen LogP contribution >= 0.6 is 34.8 Å². The van der Waals surface area contributed by atoms with Crippen molar-refractivity contribution in [1.82, 2.24) is 10.2 Å². The molecule has 0 fully saturated rings. The highest BCUT2D eigenvalue weighted by Crippen LogP contribution is 2.29. The highest BCUT2D eigenvalue weighted by molar-refractivity contribution is 7.92. The van der Waals surface area contributed by atoms with E-state index in [1.807, 2.05) is 0 Å². The lowest BCUT2D eigenvalue weighted by Gasteiger charge is -2.10. The van der Waals surface area contributed by atoms with Gasteiger partial charge in [-0.05, 0) is 36.8 Å². The van der Waals surface area contributed by atoms with Gasteiger partial charge in [0.15, 0.2) is 11.0 Å². The Morgan fingerprint density at radius 3 is 2.35 bits per heavy atom. The van der Waals surface area contributed by atoms with Crippen LogP contribution in [0.4, 0.5) is 5.82 Å². The molecule has 0 aliphatic rings. The number of halogens is 3. The summed E-state index contributed by atoms with van der Waals surface area (Å²) in [6.45, 7) is 1.68. The van der Waals surface area contributed by atoms with Crippen LogP contribution in [-0.2, 0) is 10.0 Å². The molecule has 1 N–H and O–H groups in total. The molecule has 1 aromatic carbocycles. The predicted octanol–water partition coefficient (Wildman–Crippen LogP) is 3.55. The molecule has 106 valence electrons. The van der Waals surface area contributed by atoms with Crippen molar-refractivity contribution in [2.24, 2.45) is 0 Å². The first-order valence-electron chi connectivity index (χ1n) is 5.27. The molecule has 1 heterocycles. The quantitative estimate of drug-likeness (QED) is 0.917. The Morgan fingerprint density at radius 1 is 1.05 bits per heavy atom. The SMILES string of the molecule is Cc1cc(S(=O)(=O)Nc2ccc(Cl)nn2)c(Cl)cc1Cl. The lowest BCUT2D eigenvalue weighted by molar-refractivity contribution is 0.601. The fraction of sp³-hybridized carbons (Fsp3) is 0.0909. The Labute approximate surface area is 130 Å². The van der Waals surface area contributed by atoms with Crippen LogP contribution in [0.3, 0.4) is 0 Å². The average Bonchev–Trinajstić information content (AvgIpc) is 2.36. The van der Waals surface area contributed by atoms with Crippen LogP contribution in [0.25, 0.3) is 0 Å². The fourth-order valence-electron chi connectivity index (χ4n) is 1.40. The molecule has 0 saturated carbocycles. The van der Waals surface area contributed by atoms with E-state index < -0.39 is 10.0 Å². The smallest absolute Gasteiger partial charge is 0.262 e. The highest BCUT2D eigenvalue weighted by Gasteiger charge is 2.20. The molecule has 0 aliphatic heterocycles. The first-order chi connectivity index (χ1) is 9.29. The van der Waals surface area contributed by atoms with Crippen LogP contribution in [0, 0.1) is 6.92 Å². The van der Waals surface area contributed by atoms with Crippen molar-refractivity contribution in [2.75, 3.05) is 4.72 Å².